The Kier molecular flexibility index (Phi) is 5.81. The van der Waals surface area contributed by atoms with Gasteiger partial charge in [-0.15, -0.1) is 10.2 Å². The van der Waals surface area contributed by atoms with Crippen LogP contribution >= 0.6 is 11.8 Å². The van der Waals surface area contributed by atoms with Crippen LogP contribution in [0, 0.1) is 13.8 Å². The summed E-state index contributed by atoms with van der Waals surface area (Å²) >= 11 is 1.36. The monoisotopic (exact) mass is 382 g/mol. The number of hydrogen-bond donors (Lipinski definition) is 1. The van der Waals surface area contributed by atoms with E-state index in [1.807, 2.05) is 67.9 Å². The zero-order valence-electron chi connectivity index (χ0n) is 15.8. The fourth-order valence-electron chi connectivity index (χ4n) is 2.66. The standard InChI is InChI=1S/C20H22N4O2S/c1-13-7-5-10-17(14(13)2)21-18(25)12-27-20-23-22-19(24(20)3)15-8-6-9-16(11-15)26-4/h5-11H,12H2,1-4H3,(H,21,25). The first-order valence-electron chi connectivity index (χ1n) is 8.52. The average molecular weight is 382 g/mol. The van der Waals surface area contributed by atoms with Crippen LogP contribution in [0.2, 0.25) is 0 Å². The summed E-state index contributed by atoms with van der Waals surface area (Å²) in [6, 6.07) is 13.5. The number of carbonyl (C=O) groups excluding carboxylic acids is 1. The molecule has 0 unspecified atom stereocenters. The molecule has 27 heavy (non-hydrogen) atoms. The van der Waals surface area contributed by atoms with E-state index in [1.165, 1.54) is 11.8 Å². The Morgan fingerprint density at radius 3 is 2.74 bits per heavy atom. The number of aromatic nitrogens is 3. The van der Waals surface area contributed by atoms with Crippen molar-refractivity contribution in [2.45, 2.75) is 19.0 Å². The molecule has 1 heterocycles. The summed E-state index contributed by atoms with van der Waals surface area (Å²) in [5.74, 6) is 1.68. The second-order valence-electron chi connectivity index (χ2n) is 6.18. The molecule has 1 N–H and O–H groups in total. The summed E-state index contributed by atoms with van der Waals surface area (Å²) in [4.78, 5) is 12.3. The van der Waals surface area contributed by atoms with Crippen LogP contribution in [0.1, 0.15) is 11.1 Å². The van der Waals surface area contributed by atoms with E-state index in [-0.39, 0.29) is 11.7 Å². The molecule has 6 nitrogen and oxygen atoms in total. The van der Waals surface area contributed by atoms with Crippen molar-refractivity contribution in [1.82, 2.24) is 14.8 Å². The van der Waals surface area contributed by atoms with Gasteiger partial charge in [0.2, 0.25) is 5.91 Å². The lowest BCUT2D eigenvalue weighted by molar-refractivity contribution is -0.113. The minimum absolute atomic E-state index is 0.0698. The summed E-state index contributed by atoms with van der Waals surface area (Å²) in [6.45, 7) is 4.03. The number of nitrogens with one attached hydrogen (secondary N) is 1. The maximum absolute atomic E-state index is 12.3. The van der Waals surface area contributed by atoms with E-state index >= 15 is 0 Å². The molecular formula is C20H22N4O2S. The Morgan fingerprint density at radius 1 is 1.19 bits per heavy atom. The molecule has 0 saturated carbocycles. The molecule has 0 radical (unpaired) electrons. The zero-order chi connectivity index (χ0) is 19.4. The first-order valence-corrected chi connectivity index (χ1v) is 9.51. The number of methoxy groups -OCH3 is 1. The molecule has 140 valence electrons. The summed E-state index contributed by atoms with van der Waals surface area (Å²) in [5, 5.41) is 12.1. The van der Waals surface area contributed by atoms with E-state index < -0.39 is 0 Å². The van der Waals surface area contributed by atoms with Crippen molar-refractivity contribution in [2.75, 3.05) is 18.2 Å². The molecule has 0 spiro atoms. The summed E-state index contributed by atoms with van der Waals surface area (Å²) < 4.78 is 7.14. The molecule has 3 rings (SSSR count). The van der Waals surface area contributed by atoms with Gasteiger partial charge in [0.05, 0.1) is 12.9 Å². The highest BCUT2D eigenvalue weighted by atomic mass is 32.2. The molecule has 3 aromatic rings. The molecule has 0 aliphatic rings. The van der Waals surface area contributed by atoms with Crippen molar-refractivity contribution in [3.63, 3.8) is 0 Å². The van der Waals surface area contributed by atoms with Gasteiger partial charge >= 0.3 is 0 Å². The second kappa shape index (κ2) is 8.26. The van der Waals surface area contributed by atoms with Crippen LogP contribution < -0.4 is 10.1 Å². The predicted octanol–water partition coefficient (Wildman–Crippen LogP) is 3.84. The highest BCUT2D eigenvalue weighted by Gasteiger charge is 2.14. The second-order valence-corrected chi connectivity index (χ2v) is 7.12. The summed E-state index contributed by atoms with van der Waals surface area (Å²) in [7, 11) is 3.52. The Morgan fingerprint density at radius 2 is 1.96 bits per heavy atom. The van der Waals surface area contributed by atoms with Crippen molar-refractivity contribution in [3.8, 4) is 17.1 Å². The van der Waals surface area contributed by atoms with Crippen LogP contribution in [0.5, 0.6) is 5.75 Å². The summed E-state index contributed by atoms with van der Waals surface area (Å²) in [6.07, 6.45) is 0. The number of aryl methyl sites for hydroxylation is 1. The van der Waals surface area contributed by atoms with Gasteiger partial charge in [0.25, 0.3) is 0 Å². The van der Waals surface area contributed by atoms with E-state index in [1.54, 1.807) is 7.11 Å². The summed E-state index contributed by atoms with van der Waals surface area (Å²) in [5.41, 5.74) is 3.98. The van der Waals surface area contributed by atoms with Crippen molar-refractivity contribution in [2.24, 2.45) is 7.05 Å². The van der Waals surface area contributed by atoms with Crippen molar-refractivity contribution in [3.05, 3.63) is 53.6 Å². The highest BCUT2D eigenvalue weighted by molar-refractivity contribution is 7.99. The third-order valence-electron chi connectivity index (χ3n) is 4.37. The Hall–Kier alpha value is -2.80. The average Bonchev–Trinajstić information content (AvgIpc) is 3.04. The van der Waals surface area contributed by atoms with Crippen LogP contribution in [-0.4, -0.2) is 33.5 Å². The molecule has 0 fully saturated rings. The van der Waals surface area contributed by atoms with Crippen LogP contribution in [0.25, 0.3) is 11.4 Å². The van der Waals surface area contributed by atoms with Crippen LogP contribution in [0.4, 0.5) is 5.69 Å². The fraction of sp³-hybridized carbons (Fsp3) is 0.250. The molecule has 7 heteroatoms. The number of benzene rings is 2. The third kappa shape index (κ3) is 4.31. The molecule has 0 atom stereocenters. The molecular weight excluding hydrogens is 360 g/mol. The zero-order valence-corrected chi connectivity index (χ0v) is 16.6. The number of anilines is 1. The third-order valence-corrected chi connectivity index (χ3v) is 5.39. The normalized spacial score (nSPS) is 10.7. The molecule has 0 aliphatic carbocycles. The van der Waals surface area contributed by atoms with E-state index in [0.717, 1.165) is 34.0 Å². The number of hydrogen-bond acceptors (Lipinski definition) is 5. The molecule has 0 saturated heterocycles. The predicted molar refractivity (Wildman–Crippen MR) is 108 cm³/mol. The first-order chi connectivity index (χ1) is 13.0. The minimum atomic E-state index is -0.0698. The van der Waals surface area contributed by atoms with Crippen molar-refractivity contribution >= 4 is 23.4 Å². The number of thioether (sulfide) groups is 1. The van der Waals surface area contributed by atoms with Gasteiger partial charge in [-0.05, 0) is 43.2 Å². The van der Waals surface area contributed by atoms with Crippen molar-refractivity contribution in [1.29, 1.82) is 0 Å². The molecule has 1 amide bonds. The molecule has 2 aromatic carbocycles. The Balaban J connectivity index is 1.67. The Labute approximate surface area is 163 Å². The van der Waals surface area contributed by atoms with Crippen LogP contribution in [-0.2, 0) is 11.8 Å². The molecule has 0 bridgehead atoms. The molecule has 1 aromatic heterocycles. The Bertz CT molecular complexity index is 968. The van der Waals surface area contributed by atoms with Crippen molar-refractivity contribution < 1.29 is 9.53 Å². The lowest BCUT2D eigenvalue weighted by Crippen LogP contribution is -2.15. The quantitative estimate of drug-likeness (QED) is 0.656. The molecule has 0 aliphatic heterocycles. The van der Waals surface area contributed by atoms with E-state index in [9.17, 15) is 4.79 Å². The van der Waals surface area contributed by atoms with E-state index in [0.29, 0.717) is 5.16 Å². The van der Waals surface area contributed by atoms with Crippen LogP contribution in [0.3, 0.4) is 0 Å². The SMILES string of the molecule is COc1cccc(-c2nnc(SCC(=O)Nc3cccc(C)c3C)n2C)c1. The fourth-order valence-corrected chi connectivity index (χ4v) is 3.37. The van der Waals surface area contributed by atoms with Gasteiger partial charge in [-0.25, -0.2) is 0 Å². The van der Waals surface area contributed by atoms with E-state index in [4.69, 9.17) is 4.74 Å². The van der Waals surface area contributed by atoms with Gasteiger partial charge in [-0.2, -0.15) is 0 Å². The lowest BCUT2D eigenvalue weighted by Gasteiger charge is -2.10. The maximum Gasteiger partial charge on any atom is 0.234 e. The maximum atomic E-state index is 12.3. The van der Waals surface area contributed by atoms with Gasteiger partial charge in [0, 0.05) is 18.3 Å². The lowest BCUT2D eigenvalue weighted by atomic mass is 10.1. The number of carbonyl (C=O) groups is 1. The topological polar surface area (TPSA) is 69.0 Å². The van der Waals surface area contributed by atoms with Gasteiger partial charge in [-0.1, -0.05) is 36.0 Å². The van der Waals surface area contributed by atoms with Gasteiger partial charge in [0.1, 0.15) is 5.75 Å². The highest BCUT2D eigenvalue weighted by Crippen LogP contribution is 2.25. The number of ether oxygens (including phenoxy) is 1. The van der Waals surface area contributed by atoms with Gasteiger partial charge in [-0.3, -0.25) is 4.79 Å². The number of amides is 1. The smallest absolute Gasteiger partial charge is 0.234 e. The minimum Gasteiger partial charge on any atom is -0.497 e. The largest absolute Gasteiger partial charge is 0.497 e. The van der Waals surface area contributed by atoms with Gasteiger partial charge < -0.3 is 14.6 Å². The first kappa shape index (κ1) is 19.0. The van der Waals surface area contributed by atoms with Gasteiger partial charge in [0.15, 0.2) is 11.0 Å². The van der Waals surface area contributed by atoms with Crippen LogP contribution in [0.15, 0.2) is 47.6 Å². The number of nitrogens with zero attached hydrogens (tertiary/aromatic N) is 3. The van der Waals surface area contributed by atoms with E-state index in [2.05, 4.69) is 15.5 Å². The number of rotatable bonds is 6.